The third kappa shape index (κ3) is 2.73. The summed E-state index contributed by atoms with van der Waals surface area (Å²) >= 11 is 0. The smallest absolute Gasteiger partial charge is 0.224 e. The largest absolute Gasteiger partial charge is 0.347 e. The summed E-state index contributed by atoms with van der Waals surface area (Å²) in [5.74, 6) is 6.27. The van der Waals surface area contributed by atoms with Gasteiger partial charge in [-0.05, 0) is 0 Å². The maximum atomic E-state index is 5.23. The summed E-state index contributed by atoms with van der Waals surface area (Å²) in [6, 6.07) is 0. The van der Waals surface area contributed by atoms with E-state index in [0.717, 1.165) is 5.56 Å². The molecule has 0 bridgehead atoms. The molecule has 0 radical (unpaired) electrons. The van der Waals surface area contributed by atoms with Crippen molar-refractivity contribution in [2.24, 2.45) is 5.73 Å². The average molecular weight is 176 g/mol. The molecular formula is C9H12N4. The third-order valence-electron chi connectivity index (χ3n) is 1.37. The summed E-state index contributed by atoms with van der Waals surface area (Å²) in [4.78, 5) is 10.0. The highest BCUT2D eigenvalue weighted by Crippen LogP contribution is 2.01. The molecular weight excluding hydrogens is 164 g/mol. The first-order valence-corrected chi connectivity index (χ1v) is 3.92. The van der Waals surface area contributed by atoms with Gasteiger partial charge in [-0.25, -0.2) is 9.97 Å². The predicted molar refractivity (Wildman–Crippen MR) is 52.3 cm³/mol. The fraction of sp³-hybridized carbons (Fsp3) is 0.333. The molecule has 4 nitrogen and oxygen atoms in total. The summed E-state index contributed by atoms with van der Waals surface area (Å²) < 4.78 is 0. The standard InChI is InChI=1S/C9H12N4/c1-13(2)9-11-6-8(7-12-9)4-3-5-10/h6-7H,5,10H2,1-2H3. The molecule has 0 unspecified atom stereocenters. The van der Waals surface area contributed by atoms with Crippen molar-refractivity contribution in [3.63, 3.8) is 0 Å². The SMILES string of the molecule is CN(C)c1ncc(C#CCN)cn1. The second-order valence-electron chi connectivity index (χ2n) is 2.67. The molecule has 1 aromatic heterocycles. The van der Waals surface area contributed by atoms with Crippen LogP contribution >= 0.6 is 0 Å². The van der Waals surface area contributed by atoms with Gasteiger partial charge in [-0.2, -0.15) is 0 Å². The Bertz CT molecular complexity index is 318. The summed E-state index contributed by atoms with van der Waals surface area (Å²) in [7, 11) is 3.78. The monoisotopic (exact) mass is 176 g/mol. The molecule has 4 heteroatoms. The van der Waals surface area contributed by atoms with Crippen LogP contribution in [0.25, 0.3) is 0 Å². The minimum absolute atomic E-state index is 0.357. The number of hydrogen-bond donors (Lipinski definition) is 1. The zero-order chi connectivity index (χ0) is 9.68. The van der Waals surface area contributed by atoms with E-state index in [-0.39, 0.29) is 0 Å². The van der Waals surface area contributed by atoms with Gasteiger partial charge in [-0.3, -0.25) is 0 Å². The van der Waals surface area contributed by atoms with Crippen molar-refractivity contribution in [3.05, 3.63) is 18.0 Å². The Hall–Kier alpha value is -1.60. The fourth-order valence-electron chi connectivity index (χ4n) is 0.770. The summed E-state index contributed by atoms with van der Waals surface area (Å²) in [5, 5.41) is 0. The number of aromatic nitrogens is 2. The van der Waals surface area contributed by atoms with E-state index in [1.807, 2.05) is 19.0 Å². The summed E-state index contributed by atoms with van der Waals surface area (Å²) in [5.41, 5.74) is 6.02. The molecule has 1 heterocycles. The van der Waals surface area contributed by atoms with E-state index >= 15 is 0 Å². The fourth-order valence-corrected chi connectivity index (χ4v) is 0.770. The Balaban J connectivity index is 2.81. The number of rotatable bonds is 1. The first kappa shape index (κ1) is 9.49. The lowest BCUT2D eigenvalue weighted by Crippen LogP contribution is -2.12. The van der Waals surface area contributed by atoms with E-state index in [4.69, 9.17) is 5.73 Å². The van der Waals surface area contributed by atoms with E-state index in [1.165, 1.54) is 0 Å². The maximum Gasteiger partial charge on any atom is 0.224 e. The molecule has 0 aliphatic rings. The minimum atomic E-state index is 0.357. The number of nitrogens with two attached hydrogens (primary N) is 1. The van der Waals surface area contributed by atoms with Gasteiger partial charge in [-0.1, -0.05) is 11.8 Å². The second-order valence-corrected chi connectivity index (χ2v) is 2.67. The van der Waals surface area contributed by atoms with E-state index in [9.17, 15) is 0 Å². The van der Waals surface area contributed by atoms with Crippen LogP contribution in [0.1, 0.15) is 5.56 Å². The van der Waals surface area contributed by atoms with Crippen LogP contribution in [0, 0.1) is 11.8 Å². The van der Waals surface area contributed by atoms with Gasteiger partial charge in [0, 0.05) is 26.5 Å². The molecule has 0 saturated heterocycles. The quantitative estimate of drug-likeness (QED) is 0.605. The Kier molecular flexibility index (Phi) is 3.23. The molecule has 0 saturated carbocycles. The van der Waals surface area contributed by atoms with Crippen LogP contribution in [0.15, 0.2) is 12.4 Å². The maximum absolute atomic E-state index is 5.23. The van der Waals surface area contributed by atoms with Crippen LogP contribution < -0.4 is 10.6 Å². The summed E-state index contributed by atoms with van der Waals surface area (Å²) in [6.07, 6.45) is 3.37. The van der Waals surface area contributed by atoms with E-state index < -0.39 is 0 Å². The van der Waals surface area contributed by atoms with Gasteiger partial charge >= 0.3 is 0 Å². The third-order valence-corrected chi connectivity index (χ3v) is 1.37. The highest BCUT2D eigenvalue weighted by atomic mass is 15.2. The van der Waals surface area contributed by atoms with Crippen LogP contribution in [0.4, 0.5) is 5.95 Å². The molecule has 0 aliphatic heterocycles. The van der Waals surface area contributed by atoms with Crippen LogP contribution in [-0.2, 0) is 0 Å². The molecule has 1 aromatic rings. The van der Waals surface area contributed by atoms with E-state index in [1.54, 1.807) is 12.4 Å². The van der Waals surface area contributed by atoms with Gasteiger partial charge in [0.15, 0.2) is 0 Å². The molecule has 68 valence electrons. The molecule has 0 atom stereocenters. The molecule has 2 N–H and O–H groups in total. The minimum Gasteiger partial charge on any atom is -0.347 e. The van der Waals surface area contributed by atoms with Crippen molar-refractivity contribution < 1.29 is 0 Å². The van der Waals surface area contributed by atoms with Crippen molar-refractivity contribution in [3.8, 4) is 11.8 Å². The first-order chi connectivity index (χ1) is 6.24. The lowest BCUT2D eigenvalue weighted by molar-refractivity contribution is 0.995. The molecule has 0 aromatic carbocycles. The number of hydrogen-bond acceptors (Lipinski definition) is 4. The van der Waals surface area contributed by atoms with Gasteiger partial charge in [-0.15, -0.1) is 0 Å². The zero-order valence-electron chi connectivity index (χ0n) is 7.78. The molecule has 13 heavy (non-hydrogen) atoms. The van der Waals surface area contributed by atoms with Gasteiger partial charge in [0.1, 0.15) is 0 Å². The van der Waals surface area contributed by atoms with Crippen molar-refractivity contribution in [2.75, 3.05) is 25.5 Å². The number of nitrogens with zero attached hydrogens (tertiary/aromatic N) is 3. The Morgan fingerprint density at radius 1 is 1.38 bits per heavy atom. The van der Waals surface area contributed by atoms with Crippen molar-refractivity contribution in [1.29, 1.82) is 0 Å². The van der Waals surface area contributed by atoms with Crippen LogP contribution in [-0.4, -0.2) is 30.6 Å². The lowest BCUT2D eigenvalue weighted by Gasteiger charge is -2.07. The van der Waals surface area contributed by atoms with Crippen molar-refractivity contribution in [2.45, 2.75) is 0 Å². The topological polar surface area (TPSA) is 55.0 Å². The first-order valence-electron chi connectivity index (χ1n) is 3.92. The van der Waals surface area contributed by atoms with E-state index in [0.29, 0.717) is 12.5 Å². The Labute approximate surface area is 77.8 Å². The Morgan fingerprint density at radius 3 is 2.46 bits per heavy atom. The number of anilines is 1. The van der Waals surface area contributed by atoms with Crippen LogP contribution in [0.3, 0.4) is 0 Å². The molecule has 0 aliphatic carbocycles. The predicted octanol–water partition coefficient (Wildman–Crippen LogP) is -0.147. The van der Waals surface area contributed by atoms with Gasteiger partial charge < -0.3 is 10.6 Å². The zero-order valence-corrected chi connectivity index (χ0v) is 7.78. The lowest BCUT2D eigenvalue weighted by atomic mass is 10.3. The normalized spacial score (nSPS) is 8.85. The van der Waals surface area contributed by atoms with Crippen molar-refractivity contribution in [1.82, 2.24) is 9.97 Å². The molecule has 0 spiro atoms. The van der Waals surface area contributed by atoms with Gasteiger partial charge in [0.25, 0.3) is 0 Å². The molecule has 1 rings (SSSR count). The van der Waals surface area contributed by atoms with E-state index in [2.05, 4.69) is 21.8 Å². The van der Waals surface area contributed by atoms with Crippen LogP contribution in [0.5, 0.6) is 0 Å². The van der Waals surface area contributed by atoms with Crippen molar-refractivity contribution >= 4 is 5.95 Å². The van der Waals surface area contributed by atoms with Gasteiger partial charge in [0.2, 0.25) is 5.95 Å². The summed E-state index contributed by atoms with van der Waals surface area (Å²) in [6.45, 7) is 0.357. The molecule has 0 amide bonds. The average Bonchev–Trinajstić information content (AvgIpc) is 2.15. The second kappa shape index (κ2) is 4.43. The Morgan fingerprint density at radius 2 is 2.00 bits per heavy atom. The molecule has 0 fully saturated rings. The highest BCUT2D eigenvalue weighted by molar-refractivity contribution is 5.34. The van der Waals surface area contributed by atoms with Crippen LogP contribution in [0.2, 0.25) is 0 Å². The van der Waals surface area contributed by atoms with Gasteiger partial charge in [0.05, 0.1) is 12.1 Å². The highest BCUT2D eigenvalue weighted by Gasteiger charge is 1.96.